The summed E-state index contributed by atoms with van der Waals surface area (Å²) >= 11 is 0. The van der Waals surface area contributed by atoms with Gasteiger partial charge in [-0.2, -0.15) is 0 Å². The summed E-state index contributed by atoms with van der Waals surface area (Å²) in [6.07, 6.45) is 1.66. The summed E-state index contributed by atoms with van der Waals surface area (Å²) in [4.78, 5) is 4.08. The van der Waals surface area contributed by atoms with Gasteiger partial charge >= 0.3 is 0 Å². The topological polar surface area (TPSA) is 32.6 Å². The second-order valence-corrected chi connectivity index (χ2v) is 2.65. The molecule has 0 atom stereocenters. The van der Waals surface area contributed by atoms with E-state index >= 15 is 0 Å². The van der Waals surface area contributed by atoms with Crippen molar-refractivity contribution >= 4 is 18.5 Å². The van der Waals surface area contributed by atoms with Crippen molar-refractivity contribution in [2.45, 2.75) is 6.92 Å². The first-order chi connectivity index (χ1) is 6.29. The van der Waals surface area contributed by atoms with Crippen LogP contribution in [-0.2, 0) is 0 Å². The fraction of sp³-hybridized carbons (Fsp3) is 0.182. The summed E-state index contributed by atoms with van der Waals surface area (Å²) in [5.41, 5.74) is 0.660. The van der Waals surface area contributed by atoms with Gasteiger partial charge in [0.05, 0.1) is 12.3 Å². The van der Waals surface area contributed by atoms with Crippen molar-refractivity contribution in [3.63, 3.8) is 0 Å². The Balaban J connectivity index is 3.46. The van der Waals surface area contributed by atoms with E-state index in [0.717, 1.165) is 10.4 Å². The van der Waals surface area contributed by atoms with Crippen molar-refractivity contribution in [1.82, 2.24) is 0 Å². The van der Waals surface area contributed by atoms with Gasteiger partial charge in [0.1, 0.15) is 0 Å². The zero-order chi connectivity index (χ0) is 9.68. The van der Waals surface area contributed by atoms with E-state index in [0.29, 0.717) is 5.70 Å². The largest absolute Gasteiger partial charge is 0.390 e. The third kappa shape index (κ3) is 2.26. The molecule has 0 aromatic heterocycles. The van der Waals surface area contributed by atoms with Gasteiger partial charge in [-0.25, -0.2) is 0 Å². The molecule has 0 bridgehead atoms. The highest BCUT2D eigenvalue weighted by Crippen LogP contribution is 1.90. The highest BCUT2D eigenvalue weighted by Gasteiger charge is 1.92. The minimum Gasteiger partial charge on any atom is -0.390 e. The summed E-state index contributed by atoms with van der Waals surface area (Å²) in [6, 6.07) is 7.62. The third-order valence-corrected chi connectivity index (χ3v) is 1.76. The molecule has 0 saturated heterocycles. The lowest BCUT2D eigenvalue weighted by atomic mass is 10.2. The average molecular weight is 175 g/mol. The van der Waals surface area contributed by atoms with Crippen LogP contribution in [0.15, 0.2) is 29.3 Å². The van der Waals surface area contributed by atoms with E-state index in [1.54, 1.807) is 6.21 Å². The Bertz CT molecular complexity index is 406. The number of benzene rings is 1. The molecule has 0 unspecified atom stereocenters. The summed E-state index contributed by atoms with van der Waals surface area (Å²) in [5.74, 6) is 0. The third-order valence-electron chi connectivity index (χ3n) is 1.76. The summed E-state index contributed by atoms with van der Waals surface area (Å²) in [6.45, 7) is 5.63. The van der Waals surface area contributed by atoms with Crippen molar-refractivity contribution in [2.24, 2.45) is 4.99 Å². The second-order valence-electron chi connectivity index (χ2n) is 2.65. The molecule has 2 heteroatoms. The zero-order valence-electron chi connectivity index (χ0n) is 7.70. The molecule has 0 aliphatic heterocycles. The molecule has 0 amide bonds. The maximum absolute atomic E-state index is 9.06. The predicted molar refractivity (Wildman–Crippen MR) is 55.9 cm³/mol. The Kier molecular flexibility index (Phi) is 3.41. The van der Waals surface area contributed by atoms with Crippen LogP contribution in [0.5, 0.6) is 0 Å². The SMILES string of the molecule is C=c1cccc/c1=C(\CO)N=CC. The Morgan fingerprint density at radius 2 is 2.23 bits per heavy atom. The number of hydrogen-bond donors (Lipinski definition) is 1. The molecular weight excluding hydrogens is 162 g/mol. The molecular formula is C11H13NO. The van der Waals surface area contributed by atoms with Crippen molar-refractivity contribution in [3.05, 3.63) is 34.7 Å². The van der Waals surface area contributed by atoms with Crippen LogP contribution in [0, 0.1) is 0 Å². The molecule has 0 heterocycles. The lowest BCUT2D eigenvalue weighted by Gasteiger charge is -1.96. The first-order valence-electron chi connectivity index (χ1n) is 4.16. The van der Waals surface area contributed by atoms with Crippen LogP contribution < -0.4 is 10.4 Å². The van der Waals surface area contributed by atoms with Gasteiger partial charge in [-0.15, -0.1) is 0 Å². The minimum atomic E-state index is -0.0587. The van der Waals surface area contributed by atoms with Gasteiger partial charge in [0.2, 0.25) is 0 Å². The second kappa shape index (κ2) is 4.58. The molecule has 0 fully saturated rings. The molecule has 1 aromatic rings. The van der Waals surface area contributed by atoms with E-state index in [1.165, 1.54) is 0 Å². The van der Waals surface area contributed by atoms with E-state index in [2.05, 4.69) is 11.6 Å². The molecule has 0 aliphatic rings. The molecule has 0 spiro atoms. The monoisotopic (exact) mass is 175 g/mol. The van der Waals surface area contributed by atoms with E-state index in [9.17, 15) is 0 Å². The summed E-state index contributed by atoms with van der Waals surface area (Å²) in [5, 5.41) is 10.8. The fourth-order valence-electron chi connectivity index (χ4n) is 1.15. The lowest BCUT2D eigenvalue weighted by Crippen LogP contribution is -2.25. The number of nitrogens with zero attached hydrogens (tertiary/aromatic N) is 1. The summed E-state index contributed by atoms with van der Waals surface area (Å²) < 4.78 is 0. The maximum atomic E-state index is 9.06. The number of aliphatic imine (C=N–C) groups is 1. The quantitative estimate of drug-likeness (QED) is 0.644. The number of aliphatic hydroxyl groups excluding tert-OH is 1. The standard InChI is InChI=1S/C11H13NO/c1-3-12-11(8-13)10-7-5-4-6-9(10)2/h3-7,13H,2,8H2,1H3/b11-10-,12-3?. The predicted octanol–water partition coefficient (Wildman–Crippen LogP) is 0.288. The number of rotatable bonds is 2. The van der Waals surface area contributed by atoms with E-state index in [1.807, 2.05) is 31.2 Å². The molecule has 2 nitrogen and oxygen atoms in total. The average Bonchev–Trinajstić information content (AvgIpc) is 2.16. The van der Waals surface area contributed by atoms with Crippen LogP contribution in [0.1, 0.15) is 6.92 Å². The van der Waals surface area contributed by atoms with Crippen LogP contribution in [0.4, 0.5) is 0 Å². The van der Waals surface area contributed by atoms with E-state index < -0.39 is 0 Å². The van der Waals surface area contributed by atoms with Gasteiger partial charge < -0.3 is 5.11 Å². The Labute approximate surface area is 77.6 Å². The number of hydrogen-bond acceptors (Lipinski definition) is 2. The Hall–Kier alpha value is -1.41. The van der Waals surface area contributed by atoms with Crippen LogP contribution >= 0.6 is 0 Å². The molecule has 13 heavy (non-hydrogen) atoms. The smallest absolute Gasteiger partial charge is 0.0859 e. The highest BCUT2D eigenvalue weighted by atomic mass is 16.3. The minimum absolute atomic E-state index is 0.0587. The van der Waals surface area contributed by atoms with Crippen LogP contribution in [0.2, 0.25) is 0 Å². The normalized spacial score (nSPS) is 13.4. The number of aliphatic hydroxyl groups is 1. The van der Waals surface area contributed by atoms with Crippen molar-refractivity contribution in [2.75, 3.05) is 6.61 Å². The molecule has 1 rings (SSSR count). The van der Waals surface area contributed by atoms with Crippen molar-refractivity contribution < 1.29 is 5.11 Å². The highest BCUT2D eigenvalue weighted by molar-refractivity contribution is 5.63. The van der Waals surface area contributed by atoms with Gasteiger partial charge in [0, 0.05) is 11.4 Å². The maximum Gasteiger partial charge on any atom is 0.0859 e. The lowest BCUT2D eigenvalue weighted by molar-refractivity contribution is 0.347. The summed E-state index contributed by atoms with van der Waals surface area (Å²) in [7, 11) is 0. The molecule has 0 aliphatic carbocycles. The zero-order valence-corrected chi connectivity index (χ0v) is 7.70. The van der Waals surface area contributed by atoms with E-state index in [-0.39, 0.29) is 6.61 Å². The van der Waals surface area contributed by atoms with Crippen LogP contribution in [-0.4, -0.2) is 17.9 Å². The molecule has 0 radical (unpaired) electrons. The Morgan fingerprint density at radius 1 is 1.54 bits per heavy atom. The first kappa shape index (κ1) is 9.68. The Morgan fingerprint density at radius 3 is 2.77 bits per heavy atom. The fourth-order valence-corrected chi connectivity index (χ4v) is 1.15. The van der Waals surface area contributed by atoms with Gasteiger partial charge in [-0.05, 0) is 12.1 Å². The first-order valence-corrected chi connectivity index (χ1v) is 4.16. The van der Waals surface area contributed by atoms with Gasteiger partial charge in [-0.1, -0.05) is 30.8 Å². The van der Waals surface area contributed by atoms with Crippen molar-refractivity contribution in [3.8, 4) is 0 Å². The van der Waals surface area contributed by atoms with Crippen LogP contribution in [0.3, 0.4) is 0 Å². The molecule has 68 valence electrons. The molecule has 0 saturated carbocycles. The molecule has 1 aromatic carbocycles. The van der Waals surface area contributed by atoms with Gasteiger partial charge in [-0.3, -0.25) is 4.99 Å². The van der Waals surface area contributed by atoms with E-state index in [4.69, 9.17) is 5.11 Å². The van der Waals surface area contributed by atoms with Gasteiger partial charge in [0.25, 0.3) is 0 Å². The van der Waals surface area contributed by atoms with Crippen molar-refractivity contribution in [1.29, 1.82) is 0 Å². The van der Waals surface area contributed by atoms with Gasteiger partial charge in [0.15, 0.2) is 0 Å². The molecule has 1 N–H and O–H groups in total. The van der Waals surface area contributed by atoms with Crippen LogP contribution in [0.25, 0.3) is 12.3 Å².